The van der Waals surface area contributed by atoms with Crippen LogP contribution < -0.4 is 5.32 Å². The summed E-state index contributed by atoms with van der Waals surface area (Å²) in [4.78, 5) is 16.0. The molecule has 3 aromatic rings. The number of rotatable bonds is 7. The van der Waals surface area contributed by atoms with Crippen LogP contribution in [0, 0.1) is 6.92 Å². The third-order valence-electron chi connectivity index (χ3n) is 4.14. The molecule has 0 unspecified atom stereocenters. The maximum atomic E-state index is 12.6. The Balaban J connectivity index is 1.65. The van der Waals surface area contributed by atoms with E-state index in [1.54, 1.807) is 18.5 Å². The van der Waals surface area contributed by atoms with Crippen LogP contribution in [0.3, 0.4) is 0 Å². The molecule has 30 heavy (non-hydrogen) atoms. The highest BCUT2D eigenvalue weighted by Crippen LogP contribution is 2.27. The molecule has 6 nitrogen and oxygen atoms in total. The molecule has 0 bridgehead atoms. The number of hydrogen-bond donors (Lipinski definition) is 1. The molecule has 0 aliphatic carbocycles. The molecule has 0 atom stereocenters. The summed E-state index contributed by atoms with van der Waals surface area (Å²) in [5, 5.41) is 3.80. The Morgan fingerprint density at radius 2 is 1.93 bits per heavy atom. The zero-order valence-corrected chi connectivity index (χ0v) is 17.9. The number of alkyl halides is 2. The van der Waals surface area contributed by atoms with Crippen molar-refractivity contribution in [3.05, 3.63) is 65.4 Å². The van der Waals surface area contributed by atoms with Gasteiger partial charge in [-0.2, -0.15) is 8.78 Å². The highest BCUT2D eigenvalue weighted by Gasteiger charge is 2.26. The van der Waals surface area contributed by atoms with E-state index in [9.17, 15) is 22.0 Å². The van der Waals surface area contributed by atoms with E-state index in [0.717, 1.165) is 23.4 Å². The number of thioether (sulfide) groups is 1. The maximum absolute atomic E-state index is 12.6. The van der Waals surface area contributed by atoms with Crippen LogP contribution in [0.4, 0.5) is 14.5 Å². The third kappa shape index (κ3) is 4.82. The fourth-order valence-corrected chi connectivity index (χ4v) is 4.25. The van der Waals surface area contributed by atoms with Crippen molar-refractivity contribution >= 4 is 44.8 Å². The van der Waals surface area contributed by atoms with Crippen molar-refractivity contribution in [1.29, 1.82) is 0 Å². The third-order valence-corrected chi connectivity index (χ3v) is 6.91. The number of nitrogens with zero attached hydrogens (tertiary/aromatic N) is 2. The molecular weight excluding hydrogens is 456 g/mol. The van der Waals surface area contributed by atoms with Crippen LogP contribution >= 0.6 is 23.4 Å². The summed E-state index contributed by atoms with van der Waals surface area (Å²) < 4.78 is 49.8. The number of sulfone groups is 1. The number of hydrogen-bond acceptors (Lipinski definition) is 5. The van der Waals surface area contributed by atoms with Crippen LogP contribution in [0.15, 0.2) is 64.9 Å². The van der Waals surface area contributed by atoms with Gasteiger partial charge in [0.25, 0.3) is 0 Å². The minimum Gasteiger partial charge on any atom is -0.325 e. The van der Waals surface area contributed by atoms with E-state index >= 15 is 0 Å². The summed E-state index contributed by atoms with van der Waals surface area (Å²) in [6, 6.07) is 10.1. The van der Waals surface area contributed by atoms with Crippen molar-refractivity contribution in [3.63, 3.8) is 0 Å². The predicted molar refractivity (Wildman–Crippen MR) is 112 cm³/mol. The van der Waals surface area contributed by atoms with E-state index in [1.807, 2.05) is 23.6 Å². The van der Waals surface area contributed by atoms with Gasteiger partial charge in [-0.05, 0) is 48.9 Å². The maximum Gasteiger partial charge on any atom is 0.341 e. The van der Waals surface area contributed by atoms with Gasteiger partial charge in [-0.25, -0.2) is 13.4 Å². The van der Waals surface area contributed by atoms with Crippen molar-refractivity contribution in [2.24, 2.45) is 0 Å². The lowest BCUT2D eigenvalue weighted by molar-refractivity contribution is -0.113. The number of aromatic nitrogens is 2. The summed E-state index contributed by atoms with van der Waals surface area (Å²) in [5.41, 5.74) is 2.02. The molecule has 158 valence electrons. The van der Waals surface area contributed by atoms with Gasteiger partial charge in [-0.3, -0.25) is 9.36 Å². The van der Waals surface area contributed by atoms with E-state index in [0.29, 0.717) is 15.9 Å². The van der Waals surface area contributed by atoms with E-state index in [1.165, 1.54) is 23.9 Å². The van der Waals surface area contributed by atoms with Crippen LogP contribution in [0.25, 0.3) is 5.69 Å². The van der Waals surface area contributed by atoms with Crippen molar-refractivity contribution in [3.8, 4) is 5.69 Å². The summed E-state index contributed by atoms with van der Waals surface area (Å²) in [7, 11) is -4.67. The van der Waals surface area contributed by atoms with E-state index in [4.69, 9.17) is 11.6 Å². The molecule has 1 N–H and O–H groups in total. The first-order chi connectivity index (χ1) is 14.2. The first kappa shape index (κ1) is 22.3. The molecule has 0 aliphatic heterocycles. The average Bonchev–Trinajstić information content (AvgIpc) is 3.17. The molecule has 0 fully saturated rings. The molecule has 3 rings (SSSR count). The molecule has 1 amide bonds. The second-order valence-corrected chi connectivity index (χ2v) is 9.40. The van der Waals surface area contributed by atoms with Crippen molar-refractivity contribution < 1.29 is 22.0 Å². The molecule has 1 aromatic heterocycles. The fraction of sp³-hybridized carbons (Fsp3) is 0.158. The lowest BCUT2D eigenvalue weighted by atomic mass is 10.2. The fourth-order valence-electron chi connectivity index (χ4n) is 2.59. The molecule has 0 saturated heterocycles. The summed E-state index contributed by atoms with van der Waals surface area (Å²) in [6.07, 6.45) is 3.38. The second-order valence-electron chi connectivity index (χ2n) is 6.13. The Kier molecular flexibility index (Phi) is 6.79. The standard InChI is InChI=1S/C19H16ClF2N3O3S2/c1-12-15(20)3-2-4-16(12)25-10-9-23-19(25)29-11-17(26)24-13-5-7-14(8-6-13)30(27,28)18(21)22/h2-10,18H,11H2,1H3,(H,24,26). The zero-order chi connectivity index (χ0) is 21.9. The Morgan fingerprint density at radius 1 is 1.23 bits per heavy atom. The van der Waals surface area contributed by atoms with Gasteiger partial charge in [0, 0.05) is 23.1 Å². The Hall–Kier alpha value is -2.43. The highest BCUT2D eigenvalue weighted by molar-refractivity contribution is 7.99. The molecular formula is C19H16ClF2N3O3S2. The van der Waals surface area contributed by atoms with E-state index in [-0.39, 0.29) is 11.7 Å². The van der Waals surface area contributed by atoms with Gasteiger partial charge in [0.15, 0.2) is 5.16 Å². The van der Waals surface area contributed by atoms with Gasteiger partial charge in [0.2, 0.25) is 15.7 Å². The van der Waals surface area contributed by atoms with Crippen molar-refractivity contribution in [1.82, 2.24) is 9.55 Å². The van der Waals surface area contributed by atoms with Crippen LogP contribution in [-0.2, 0) is 14.6 Å². The lowest BCUT2D eigenvalue weighted by Crippen LogP contribution is -2.15. The first-order valence-corrected chi connectivity index (χ1v) is 11.4. The number of anilines is 1. The van der Waals surface area contributed by atoms with Gasteiger partial charge in [-0.1, -0.05) is 29.4 Å². The number of halogens is 3. The van der Waals surface area contributed by atoms with Crippen LogP contribution in [-0.4, -0.2) is 35.4 Å². The summed E-state index contributed by atoms with van der Waals surface area (Å²) in [5.74, 6) is -3.82. The molecule has 11 heteroatoms. The average molecular weight is 472 g/mol. The molecule has 1 heterocycles. The van der Waals surface area contributed by atoms with Gasteiger partial charge in [0.1, 0.15) is 0 Å². The highest BCUT2D eigenvalue weighted by atomic mass is 35.5. The number of benzene rings is 2. The van der Waals surface area contributed by atoms with Gasteiger partial charge in [-0.15, -0.1) is 0 Å². The Morgan fingerprint density at radius 3 is 2.60 bits per heavy atom. The normalized spacial score (nSPS) is 11.6. The number of carbonyl (C=O) groups excluding carboxylic acids is 1. The number of amides is 1. The van der Waals surface area contributed by atoms with E-state index in [2.05, 4.69) is 10.3 Å². The smallest absolute Gasteiger partial charge is 0.325 e. The van der Waals surface area contributed by atoms with Gasteiger partial charge in [0.05, 0.1) is 16.3 Å². The molecule has 0 radical (unpaired) electrons. The quantitative estimate of drug-likeness (QED) is 0.511. The monoisotopic (exact) mass is 471 g/mol. The molecule has 0 saturated carbocycles. The number of nitrogens with one attached hydrogen (secondary N) is 1. The van der Waals surface area contributed by atoms with Crippen LogP contribution in [0.5, 0.6) is 0 Å². The summed E-state index contributed by atoms with van der Waals surface area (Å²) >= 11 is 7.38. The minimum absolute atomic E-state index is 0.0354. The molecule has 0 aliphatic rings. The largest absolute Gasteiger partial charge is 0.341 e. The summed E-state index contributed by atoms with van der Waals surface area (Å²) in [6.45, 7) is 1.89. The van der Waals surface area contributed by atoms with Gasteiger partial charge < -0.3 is 5.32 Å². The molecule has 0 spiro atoms. The Labute approximate surface area is 181 Å². The number of imidazole rings is 1. The van der Waals surface area contributed by atoms with Crippen LogP contribution in [0.1, 0.15) is 5.56 Å². The Bertz CT molecular complexity index is 1170. The second kappa shape index (κ2) is 9.15. The first-order valence-electron chi connectivity index (χ1n) is 8.53. The minimum atomic E-state index is -4.67. The predicted octanol–water partition coefficient (Wildman–Crippen LogP) is 4.56. The van der Waals surface area contributed by atoms with Crippen molar-refractivity contribution in [2.45, 2.75) is 22.7 Å². The SMILES string of the molecule is Cc1c(Cl)cccc1-n1ccnc1SCC(=O)Nc1ccc(S(=O)(=O)C(F)F)cc1. The van der Waals surface area contributed by atoms with Crippen LogP contribution in [0.2, 0.25) is 5.02 Å². The zero-order valence-electron chi connectivity index (χ0n) is 15.6. The lowest BCUT2D eigenvalue weighted by Gasteiger charge is -2.11. The number of carbonyl (C=O) groups is 1. The van der Waals surface area contributed by atoms with Gasteiger partial charge >= 0.3 is 5.76 Å². The van der Waals surface area contributed by atoms with Crippen molar-refractivity contribution in [2.75, 3.05) is 11.1 Å². The molecule has 2 aromatic carbocycles. The topological polar surface area (TPSA) is 81.1 Å². The van der Waals surface area contributed by atoms with E-state index < -0.39 is 20.5 Å².